The topological polar surface area (TPSA) is 83.5 Å². The molecule has 28 heavy (non-hydrogen) atoms. The summed E-state index contributed by atoms with van der Waals surface area (Å²) in [5.74, 6) is -1.30. The van der Waals surface area contributed by atoms with Gasteiger partial charge in [0.1, 0.15) is 11.4 Å². The summed E-state index contributed by atoms with van der Waals surface area (Å²) < 4.78 is 13.2. The van der Waals surface area contributed by atoms with E-state index in [0.29, 0.717) is 28.7 Å². The largest absolute Gasteiger partial charge is 0.380 e. The molecule has 6 heteroatoms. The van der Waals surface area contributed by atoms with Gasteiger partial charge in [0, 0.05) is 28.8 Å². The molecule has 1 aromatic carbocycles. The van der Waals surface area contributed by atoms with E-state index < -0.39 is 11.5 Å². The predicted octanol–water partition coefficient (Wildman–Crippen LogP) is 2.82. The highest BCUT2D eigenvalue weighted by Gasteiger charge is 2.33. The first-order valence-electron chi connectivity index (χ1n) is 9.26. The molecule has 150 valence electrons. The summed E-state index contributed by atoms with van der Waals surface area (Å²) in [5, 5.41) is 13.1. The van der Waals surface area contributed by atoms with Crippen molar-refractivity contribution < 1.29 is 23.9 Å². The molecule has 2 N–H and O–H groups in total. The van der Waals surface area contributed by atoms with E-state index in [1.54, 1.807) is 32.9 Å². The van der Waals surface area contributed by atoms with E-state index in [2.05, 4.69) is 5.32 Å². The third-order valence-corrected chi connectivity index (χ3v) is 5.25. The second-order valence-corrected chi connectivity index (χ2v) is 7.42. The van der Waals surface area contributed by atoms with Gasteiger partial charge in [0.2, 0.25) is 0 Å². The molecule has 0 saturated heterocycles. The fraction of sp³-hybridized carbons (Fsp3) is 0.409. The smallest absolute Gasteiger partial charge is 0.251 e. The van der Waals surface area contributed by atoms with Gasteiger partial charge in [0.05, 0.1) is 0 Å². The van der Waals surface area contributed by atoms with Gasteiger partial charge in [-0.1, -0.05) is 12.1 Å². The standard InChI is InChI=1S/C22H26FNO4/c1-13-14(2)20(26)18(15(3)19(13)25)8-10-22(4,28)21(27)24-11-9-16-6-5-7-17(23)12-16/h5-7,12,28H,8-11H2,1-4H3,(H,24,27). The fourth-order valence-corrected chi connectivity index (χ4v) is 3.14. The van der Waals surface area contributed by atoms with E-state index in [1.165, 1.54) is 19.1 Å². The van der Waals surface area contributed by atoms with Gasteiger partial charge in [-0.15, -0.1) is 0 Å². The molecular weight excluding hydrogens is 361 g/mol. The number of hydrogen-bond donors (Lipinski definition) is 2. The summed E-state index contributed by atoms with van der Waals surface area (Å²) >= 11 is 0. The molecule has 0 fully saturated rings. The van der Waals surface area contributed by atoms with Crippen LogP contribution in [0, 0.1) is 5.82 Å². The van der Waals surface area contributed by atoms with Crippen LogP contribution in [0.4, 0.5) is 4.39 Å². The van der Waals surface area contributed by atoms with E-state index in [4.69, 9.17) is 0 Å². The Morgan fingerprint density at radius 1 is 1.07 bits per heavy atom. The van der Waals surface area contributed by atoms with Gasteiger partial charge < -0.3 is 10.4 Å². The zero-order valence-electron chi connectivity index (χ0n) is 16.7. The molecule has 0 bridgehead atoms. The van der Waals surface area contributed by atoms with Crippen LogP contribution in [0.5, 0.6) is 0 Å². The van der Waals surface area contributed by atoms with Gasteiger partial charge in [0.25, 0.3) is 5.91 Å². The molecule has 0 aromatic heterocycles. The second-order valence-electron chi connectivity index (χ2n) is 7.42. The first kappa shape index (κ1) is 21.7. The van der Waals surface area contributed by atoms with Gasteiger partial charge in [-0.05, 0) is 64.7 Å². The monoisotopic (exact) mass is 387 g/mol. The van der Waals surface area contributed by atoms with E-state index in [9.17, 15) is 23.9 Å². The summed E-state index contributed by atoms with van der Waals surface area (Å²) in [4.78, 5) is 37.0. The maximum Gasteiger partial charge on any atom is 0.251 e. The number of amides is 1. The minimum absolute atomic E-state index is 0.0107. The van der Waals surface area contributed by atoms with Gasteiger partial charge in [-0.25, -0.2) is 4.39 Å². The molecule has 0 spiro atoms. The predicted molar refractivity (Wildman–Crippen MR) is 104 cm³/mol. The van der Waals surface area contributed by atoms with E-state index >= 15 is 0 Å². The van der Waals surface area contributed by atoms with Crippen molar-refractivity contribution in [2.45, 2.75) is 52.6 Å². The molecule has 0 saturated carbocycles. The molecule has 0 radical (unpaired) electrons. The van der Waals surface area contributed by atoms with Gasteiger partial charge in [-0.3, -0.25) is 14.4 Å². The van der Waals surface area contributed by atoms with Crippen molar-refractivity contribution in [2.24, 2.45) is 0 Å². The summed E-state index contributed by atoms with van der Waals surface area (Å²) in [6, 6.07) is 6.09. The number of carbonyl (C=O) groups excluding carboxylic acids is 3. The Morgan fingerprint density at radius 3 is 2.36 bits per heavy atom. The Bertz CT molecular complexity index is 880. The lowest BCUT2D eigenvalue weighted by atomic mass is 9.82. The molecule has 1 amide bonds. The molecule has 1 aliphatic rings. The van der Waals surface area contributed by atoms with Crippen LogP contribution >= 0.6 is 0 Å². The number of halogens is 1. The molecule has 0 aliphatic heterocycles. The van der Waals surface area contributed by atoms with Crippen LogP contribution in [0.3, 0.4) is 0 Å². The van der Waals surface area contributed by atoms with Crippen molar-refractivity contribution in [3.05, 3.63) is 57.9 Å². The number of allylic oxidation sites excluding steroid dienone is 4. The minimum atomic E-state index is -1.69. The molecule has 2 rings (SSSR count). The Hall–Kier alpha value is -2.60. The molecular formula is C22H26FNO4. The van der Waals surface area contributed by atoms with Crippen LogP contribution in [0.1, 0.15) is 46.1 Å². The number of hydrogen-bond acceptors (Lipinski definition) is 4. The Morgan fingerprint density at radius 2 is 1.71 bits per heavy atom. The van der Waals surface area contributed by atoms with Crippen molar-refractivity contribution in [3.63, 3.8) is 0 Å². The maximum absolute atomic E-state index is 13.2. The van der Waals surface area contributed by atoms with Crippen LogP contribution in [-0.4, -0.2) is 34.7 Å². The van der Waals surface area contributed by atoms with Gasteiger partial charge >= 0.3 is 0 Å². The lowest BCUT2D eigenvalue weighted by Gasteiger charge is -2.24. The zero-order valence-corrected chi connectivity index (χ0v) is 16.7. The number of nitrogens with one attached hydrogen (secondary N) is 1. The van der Waals surface area contributed by atoms with E-state index in [-0.39, 0.29) is 36.8 Å². The lowest BCUT2D eigenvalue weighted by molar-refractivity contribution is -0.138. The Labute approximate surface area is 164 Å². The highest BCUT2D eigenvalue weighted by Crippen LogP contribution is 2.28. The van der Waals surface area contributed by atoms with Gasteiger partial charge in [-0.2, -0.15) is 0 Å². The summed E-state index contributed by atoms with van der Waals surface area (Å²) in [6.07, 6.45) is 0.572. The van der Waals surface area contributed by atoms with Crippen molar-refractivity contribution in [1.29, 1.82) is 0 Å². The van der Waals surface area contributed by atoms with E-state index in [0.717, 1.165) is 5.56 Å². The Balaban J connectivity index is 1.94. The third-order valence-electron chi connectivity index (χ3n) is 5.25. The second kappa shape index (κ2) is 8.61. The third kappa shape index (κ3) is 4.81. The average molecular weight is 387 g/mol. The number of aliphatic hydroxyl groups is 1. The van der Waals surface area contributed by atoms with Crippen LogP contribution in [0.15, 0.2) is 46.6 Å². The SMILES string of the molecule is CC1=C(C)C(=O)C(CCC(C)(O)C(=O)NCCc2cccc(F)c2)=C(C)C1=O. The van der Waals surface area contributed by atoms with Gasteiger partial charge in [0.15, 0.2) is 11.6 Å². The quantitative estimate of drug-likeness (QED) is 0.705. The summed E-state index contributed by atoms with van der Waals surface area (Å²) in [5.41, 5.74) is 0.613. The van der Waals surface area contributed by atoms with Crippen LogP contribution in [-0.2, 0) is 20.8 Å². The molecule has 5 nitrogen and oxygen atoms in total. The zero-order chi connectivity index (χ0) is 21.1. The number of benzene rings is 1. The molecule has 1 aliphatic carbocycles. The molecule has 0 heterocycles. The number of Topliss-reactive ketones (excluding diaryl/α,β-unsaturated/α-hetero) is 2. The van der Waals surface area contributed by atoms with Crippen molar-refractivity contribution in [1.82, 2.24) is 5.32 Å². The average Bonchev–Trinajstić information content (AvgIpc) is 2.64. The van der Waals surface area contributed by atoms with Crippen LogP contribution in [0.25, 0.3) is 0 Å². The molecule has 1 atom stereocenters. The normalized spacial score (nSPS) is 17.1. The Kier molecular flexibility index (Phi) is 6.67. The van der Waals surface area contributed by atoms with Crippen molar-refractivity contribution >= 4 is 17.5 Å². The summed E-state index contributed by atoms with van der Waals surface area (Å²) in [7, 11) is 0. The highest BCUT2D eigenvalue weighted by atomic mass is 19.1. The van der Waals surface area contributed by atoms with Crippen LogP contribution < -0.4 is 5.32 Å². The first-order chi connectivity index (χ1) is 13.0. The van der Waals surface area contributed by atoms with E-state index in [1.807, 2.05) is 0 Å². The minimum Gasteiger partial charge on any atom is -0.380 e. The summed E-state index contributed by atoms with van der Waals surface area (Å²) in [6.45, 7) is 6.46. The molecule has 1 unspecified atom stereocenters. The van der Waals surface area contributed by atoms with Crippen molar-refractivity contribution in [2.75, 3.05) is 6.54 Å². The maximum atomic E-state index is 13.2. The van der Waals surface area contributed by atoms with Crippen LogP contribution in [0.2, 0.25) is 0 Å². The van der Waals surface area contributed by atoms with Crippen molar-refractivity contribution in [3.8, 4) is 0 Å². The fourth-order valence-electron chi connectivity index (χ4n) is 3.14. The highest BCUT2D eigenvalue weighted by molar-refractivity contribution is 6.24. The number of rotatable bonds is 7. The molecule has 1 aromatic rings. The lowest BCUT2D eigenvalue weighted by Crippen LogP contribution is -2.45. The number of ketones is 2. The number of carbonyl (C=O) groups is 3. The first-order valence-corrected chi connectivity index (χ1v) is 9.26.